The average molecular weight is 652 g/mol. The smallest absolute Gasteiger partial charge is 0.320 e. The summed E-state index contributed by atoms with van der Waals surface area (Å²) in [5.41, 5.74) is 6.39. The Balaban J connectivity index is 1.21. The summed E-state index contributed by atoms with van der Waals surface area (Å²) in [5.74, 6) is 0.506. The van der Waals surface area contributed by atoms with E-state index in [2.05, 4.69) is 20.1 Å². The van der Waals surface area contributed by atoms with Crippen molar-refractivity contribution in [3.8, 4) is 17.4 Å². The van der Waals surface area contributed by atoms with Crippen molar-refractivity contribution >= 4 is 43.5 Å². The topological polar surface area (TPSA) is 137 Å². The van der Waals surface area contributed by atoms with Gasteiger partial charge in [-0.25, -0.2) is 18.7 Å². The highest BCUT2D eigenvalue weighted by atomic mass is 32.1. The van der Waals surface area contributed by atoms with Gasteiger partial charge in [-0.15, -0.1) is 0 Å². The predicted molar refractivity (Wildman–Crippen MR) is 170 cm³/mol. The maximum Gasteiger partial charge on any atom is 0.320 e. The first-order valence-electron chi connectivity index (χ1n) is 16.1. The fourth-order valence-electron chi connectivity index (χ4n) is 8.19. The van der Waals surface area contributed by atoms with Crippen molar-refractivity contribution in [2.75, 3.05) is 56.6 Å². The van der Waals surface area contributed by atoms with Gasteiger partial charge >= 0.3 is 6.01 Å². The van der Waals surface area contributed by atoms with Gasteiger partial charge in [0.15, 0.2) is 16.6 Å². The molecule has 0 aliphatic carbocycles. The molecule has 2 bridgehead atoms. The fraction of sp³-hybridized carbons (Fsp3) is 0.581. The Morgan fingerprint density at radius 1 is 1.13 bits per heavy atom. The second kappa shape index (κ2) is 10.8. The lowest BCUT2D eigenvalue weighted by Gasteiger charge is -2.34. The summed E-state index contributed by atoms with van der Waals surface area (Å²) in [5, 5.41) is 4.19. The molecule has 12 nitrogen and oxygen atoms in total. The van der Waals surface area contributed by atoms with Gasteiger partial charge in [0.1, 0.15) is 29.8 Å². The highest BCUT2D eigenvalue weighted by molar-refractivity contribution is 7.22. The zero-order valence-electron chi connectivity index (χ0n) is 25.3. The SMILES string of the molecule is Nc1nc2c(-c3nc4nc(OC[C@@]56CCCN5C[C@H](F)C6)nc(N5CC6CCC(C5)N6)c4c(=O)n3CC3COC3)ccc(F)c2s1. The Kier molecular flexibility index (Phi) is 6.70. The van der Waals surface area contributed by atoms with Gasteiger partial charge in [-0.1, -0.05) is 11.3 Å². The van der Waals surface area contributed by atoms with E-state index in [0.29, 0.717) is 90.7 Å². The normalized spacial score (nSPS) is 28.0. The third-order valence-electron chi connectivity index (χ3n) is 10.4. The van der Waals surface area contributed by atoms with E-state index in [1.165, 1.54) is 6.07 Å². The van der Waals surface area contributed by atoms with Crippen LogP contribution in [0.2, 0.25) is 0 Å². The molecule has 5 aliphatic heterocycles. The second-order valence-corrected chi connectivity index (χ2v) is 14.5. The molecule has 0 radical (unpaired) electrons. The van der Waals surface area contributed by atoms with Crippen LogP contribution in [0, 0.1) is 11.7 Å². The van der Waals surface area contributed by atoms with Crippen molar-refractivity contribution in [2.45, 2.75) is 62.4 Å². The number of nitrogens with one attached hydrogen (secondary N) is 1. The van der Waals surface area contributed by atoms with E-state index in [4.69, 9.17) is 30.2 Å². The Morgan fingerprint density at radius 3 is 2.74 bits per heavy atom. The van der Waals surface area contributed by atoms with Crippen molar-refractivity contribution < 1.29 is 18.3 Å². The standard InChI is InChI=1S/C31H35F2N9O3S/c32-17-8-31(6-1-7-41(31)10-17)15-45-30-38-25-22(27(39-30)40-11-18-2-3-19(12-40)35-18)28(43)42(9-16-13-44-14-16)26(37-25)20-4-5-21(33)24-23(20)36-29(34)46-24/h4-5,16-19,35H,1-3,6-15H2,(H2,34,36)/t17-,18?,19?,31+/m1/s1. The molecule has 1 aromatic carbocycles. The predicted octanol–water partition coefficient (Wildman–Crippen LogP) is 2.73. The minimum Gasteiger partial charge on any atom is -0.461 e. The molecule has 5 saturated heterocycles. The summed E-state index contributed by atoms with van der Waals surface area (Å²) in [6.07, 6.45) is 3.50. The quantitative estimate of drug-likeness (QED) is 0.305. The molecule has 0 amide bonds. The molecule has 4 aromatic rings. The number of thiazole rings is 1. The van der Waals surface area contributed by atoms with Crippen molar-refractivity contribution in [3.05, 3.63) is 28.3 Å². The number of piperazine rings is 1. The molecule has 0 spiro atoms. The van der Waals surface area contributed by atoms with Gasteiger partial charge in [-0.05, 0) is 44.4 Å². The van der Waals surface area contributed by atoms with Gasteiger partial charge < -0.3 is 25.4 Å². The second-order valence-electron chi connectivity index (χ2n) is 13.5. The van der Waals surface area contributed by atoms with Crippen LogP contribution in [0.25, 0.3) is 32.6 Å². The summed E-state index contributed by atoms with van der Waals surface area (Å²) < 4.78 is 43.1. The molecular weight excluding hydrogens is 616 g/mol. The minimum absolute atomic E-state index is 0.113. The number of hydrogen-bond acceptors (Lipinski definition) is 12. The van der Waals surface area contributed by atoms with Crippen molar-refractivity contribution in [2.24, 2.45) is 5.92 Å². The van der Waals surface area contributed by atoms with Crippen molar-refractivity contribution in [3.63, 3.8) is 0 Å². The molecule has 0 saturated carbocycles. The molecule has 8 heterocycles. The van der Waals surface area contributed by atoms with Crippen LogP contribution in [0.5, 0.6) is 6.01 Å². The van der Waals surface area contributed by atoms with Crippen LogP contribution in [-0.4, -0.2) is 99.2 Å². The van der Waals surface area contributed by atoms with Gasteiger partial charge in [0.25, 0.3) is 5.56 Å². The van der Waals surface area contributed by atoms with Crippen LogP contribution in [0.4, 0.5) is 19.7 Å². The minimum atomic E-state index is -0.885. The first-order chi connectivity index (χ1) is 22.3. The third-order valence-corrected chi connectivity index (χ3v) is 11.3. The van der Waals surface area contributed by atoms with E-state index in [9.17, 15) is 13.6 Å². The molecular formula is C31H35F2N9O3S. The lowest BCUT2D eigenvalue weighted by Crippen LogP contribution is -2.51. The van der Waals surface area contributed by atoms with E-state index in [1.807, 2.05) is 0 Å². The van der Waals surface area contributed by atoms with Crippen molar-refractivity contribution in [1.82, 2.24) is 34.7 Å². The average Bonchev–Trinajstić information content (AvgIpc) is 3.76. The van der Waals surface area contributed by atoms with E-state index < -0.39 is 12.0 Å². The number of aromatic nitrogens is 5. The molecule has 2 unspecified atom stereocenters. The molecule has 242 valence electrons. The lowest BCUT2D eigenvalue weighted by atomic mass is 9.95. The van der Waals surface area contributed by atoms with Crippen LogP contribution in [0.1, 0.15) is 32.1 Å². The Bertz CT molecular complexity index is 1910. The largest absolute Gasteiger partial charge is 0.461 e. The summed E-state index contributed by atoms with van der Waals surface area (Å²) in [4.78, 5) is 38.1. The molecule has 9 rings (SSSR count). The summed E-state index contributed by atoms with van der Waals surface area (Å²) in [6, 6.07) is 3.65. The number of anilines is 2. The summed E-state index contributed by atoms with van der Waals surface area (Å²) >= 11 is 1.05. The van der Waals surface area contributed by atoms with Gasteiger partial charge in [0.05, 0.1) is 29.0 Å². The highest BCUT2D eigenvalue weighted by Gasteiger charge is 2.49. The molecule has 3 N–H and O–H groups in total. The number of alkyl halides is 1. The number of ether oxygens (including phenoxy) is 2. The Hall–Kier alpha value is -3.53. The molecule has 46 heavy (non-hydrogen) atoms. The van der Waals surface area contributed by atoms with Crippen LogP contribution in [0.3, 0.4) is 0 Å². The first kappa shape index (κ1) is 28.7. The molecule has 3 aromatic heterocycles. The van der Waals surface area contributed by atoms with Gasteiger partial charge in [-0.3, -0.25) is 14.3 Å². The van der Waals surface area contributed by atoms with Crippen LogP contribution < -0.4 is 26.2 Å². The maximum atomic E-state index is 14.8. The Labute approximate surface area is 266 Å². The van der Waals surface area contributed by atoms with Gasteiger partial charge in [-0.2, -0.15) is 9.97 Å². The number of nitrogens with zero attached hydrogens (tertiary/aromatic N) is 7. The summed E-state index contributed by atoms with van der Waals surface area (Å²) in [7, 11) is 0. The van der Waals surface area contributed by atoms with E-state index in [-0.39, 0.29) is 40.4 Å². The summed E-state index contributed by atoms with van der Waals surface area (Å²) in [6.45, 7) is 4.33. The number of benzene rings is 1. The Morgan fingerprint density at radius 2 is 1.96 bits per heavy atom. The number of halogens is 2. The number of nitrogens with two attached hydrogens (primary N) is 1. The van der Waals surface area contributed by atoms with Gasteiger partial charge in [0.2, 0.25) is 0 Å². The number of hydrogen-bond donors (Lipinski definition) is 2. The number of rotatable bonds is 7. The van der Waals surface area contributed by atoms with Crippen LogP contribution >= 0.6 is 11.3 Å². The number of fused-ring (bicyclic) bond motifs is 5. The maximum absolute atomic E-state index is 14.8. The van der Waals surface area contributed by atoms with E-state index >= 15 is 0 Å². The zero-order valence-corrected chi connectivity index (χ0v) is 26.1. The highest BCUT2D eigenvalue weighted by Crippen LogP contribution is 2.41. The number of nitrogen functional groups attached to an aromatic ring is 1. The van der Waals surface area contributed by atoms with Crippen molar-refractivity contribution in [1.29, 1.82) is 0 Å². The van der Waals surface area contributed by atoms with E-state index in [1.54, 1.807) is 10.6 Å². The van der Waals surface area contributed by atoms with Crippen LogP contribution in [-0.2, 0) is 11.3 Å². The van der Waals surface area contributed by atoms with Crippen LogP contribution in [0.15, 0.2) is 16.9 Å². The van der Waals surface area contributed by atoms with E-state index in [0.717, 1.165) is 43.6 Å². The first-order valence-corrected chi connectivity index (χ1v) is 16.9. The monoisotopic (exact) mass is 651 g/mol. The lowest BCUT2D eigenvalue weighted by molar-refractivity contribution is -0.0396. The molecule has 5 fully saturated rings. The molecule has 5 aliphatic rings. The zero-order chi connectivity index (χ0) is 31.2. The molecule has 15 heteroatoms. The fourth-order valence-corrected chi connectivity index (χ4v) is 8.95. The van der Waals surface area contributed by atoms with Gasteiger partial charge in [0, 0.05) is 56.2 Å². The third kappa shape index (κ3) is 4.65. The molecule has 4 atom stereocenters.